The van der Waals surface area contributed by atoms with E-state index in [9.17, 15) is 9.59 Å². The first kappa shape index (κ1) is 13.6. The van der Waals surface area contributed by atoms with E-state index in [0.29, 0.717) is 0 Å². The normalized spacial score (nSPS) is 17.7. The Morgan fingerprint density at radius 1 is 1.11 bits per heavy atom. The SMILES string of the molecule is NC(=O)C(NC(=O)C1CCCCC1)c1ccccc1. The van der Waals surface area contributed by atoms with Crippen LogP contribution in [0, 0.1) is 5.92 Å². The Labute approximate surface area is 113 Å². The standard InChI is InChI=1S/C15H20N2O2/c16-14(18)13(11-7-3-1-4-8-11)17-15(19)12-9-5-2-6-10-12/h1,3-4,7-8,12-13H,2,5-6,9-10H2,(H2,16,18)(H,17,19). The van der Waals surface area contributed by atoms with Gasteiger partial charge in [-0.15, -0.1) is 0 Å². The molecule has 2 rings (SSSR count). The van der Waals surface area contributed by atoms with Crippen LogP contribution >= 0.6 is 0 Å². The summed E-state index contributed by atoms with van der Waals surface area (Å²) in [5.74, 6) is -0.540. The van der Waals surface area contributed by atoms with Gasteiger partial charge < -0.3 is 11.1 Å². The third-order valence-corrected chi connectivity index (χ3v) is 3.68. The van der Waals surface area contributed by atoms with E-state index in [2.05, 4.69) is 5.32 Å². The topological polar surface area (TPSA) is 72.2 Å². The predicted molar refractivity (Wildman–Crippen MR) is 73.1 cm³/mol. The van der Waals surface area contributed by atoms with E-state index < -0.39 is 11.9 Å². The Bertz CT molecular complexity index is 439. The molecule has 0 heterocycles. The highest BCUT2D eigenvalue weighted by Crippen LogP contribution is 2.24. The highest BCUT2D eigenvalue weighted by Gasteiger charge is 2.26. The van der Waals surface area contributed by atoms with Crippen LogP contribution in [-0.2, 0) is 9.59 Å². The van der Waals surface area contributed by atoms with Crippen molar-refractivity contribution in [3.05, 3.63) is 35.9 Å². The first-order valence-corrected chi connectivity index (χ1v) is 6.83. The van der Waals surface area contributed by atoms with Crippen LogP contribution in [0.25, 0.3) is 0 Å². The lowest BCUT2D eigenvalue weighted by Crippen LogP contribution is -2.40. The van der Waals surface area contributed by atoms with Crippen molar-refractivity contribution in [3.63, 3.8) is 0 Å². The molecule has 0 saturated heterocycles. The van der Waals surface area contributed by atoms with E-state index in [4.69, 9.17) is 5.73 Å². The fourth-order valence-corrected chi connectivity index (χ4v) is 2.59. The molecule has 1 aliphatic carbocycles. The van der Waals surface area contributed by atoms with Crippen LogP contribution in [0.4, 0.5) is 0 Å². The van der Waals surface area contributed by atoms with E-state index in [1.54, 1.807) is 12.1 Å². The van der Waals surface area contributed by atoms with Gasteiger partial charge >= 0.3 is 0 Å². The molecule has 0 aliphatic heterocycles. The van der Waals surface area contributed by atoms with Gasteiger partial charge in [0.2, 0.25) is 11.8 Å². The maximum absolute atomic E-state index is 12.2. The molecule has 0 bridgehead atoms. The first-order valence-electron chi connectivity index (χ1n) is 6.83. The molecule has 0 spiro atoms. The molecule has 0 aromatic heterocycles. The molecule has 102 valence electrons. The number of benzene rings is 1. The van der Waals surface area contributed by atoms with Crippen LogP contribution in [0.2, 0.25) is 0 Å². The van der Waals surface area contributed by atoms with Gasteiger partial charge in [0, 0.05) is 5.92 Å². The van der Waals surface area contributed by atoms with E-state index in [1.165, 1.54) is 6.42 Å². The van der Waals surface area contributed by atoms with Gasteiger partial charge in [-0.2, -0.15) is 0 Å². The maximum atomic E-state index is 12.2. The van der Waals surface area contributed by atoms with Gasteiger partial charge in [-0.25, -0.2) is 0 Å². The largest absolute Gasteiger partial charge is 0.368 e. The molecule has 1 fully saturated rings. The van der Waals surface area contributed by atoms with Crippen molar-refractivity contribution in [2.45, 2.75) is 38.1 Å². The zero-order chi connectivity index (χ0) is 13.7. The lowest BCUT2D eigenvalue weighted by atomic mass is 9.88. The van der Waals surface area contributed by atoms with Crippen LogP contribution in [0.5, 0.6) is 0 Å². The zero-order valence-electron chi connectivity index (χ0n) is 11.0. The van der Waals surface area contributed by atoms with Crippen LogP contribution in [-0.4, -0.2) is 11.8 Å². The van der Waals surface area contributed by atoms with Crippen molar-refractivity contribution in [1.29, 1.82) is 0 Å². The minimum atomic E-state index is -0.726. The monoisotopic (exact) mass is 260 g/mol. The van der Waals surface area contributed by atoms with Crippen molar-refractivity contribution in [1.82, 2.24) is 5.32 Å². The minimum absolute atomic E-state index is 0.0271. The molecule has 4 nitrogen and oxygen atoms in total. The molecule has 3 N–H and O–H groups in total. The Hall–Kier alpha value is -1.84. The molecule has 4 heteroatoms. The minimum Gasteiger partial charge on any atom is -0.368 e. The summed E-state index contributed by atoms with van der Waals surface area (Å²) < 4.78 is 0. The number of amides is 2. The van der Waals surface area contributed by atoms with Crippen molar-refractivity contribution >= 4 is 11.8 Å². The molecule has 1 aromatic carbocycles. The number of carbonyl (C=O) groups is 2. The highest BCUT2D eigenvalue weighted by molar-refractivity contribution is 5.88. The van der Waals surface area contributed by atoms with Gasteiger partial charge in [-0.05, 0) is 18.4 Å². The molecular formula is C15H20N2O2. The number of hydrogen-bond donors (Lipinski definition) is 2. The Morgan fingerprint density at radius 2 is 1.74 bits per heavy atom. The van der Waals surface area contributed by atoms with Gasteiger partial charge in [0.1, 0.15) is 6.04 Å². The zero-order valence-corrected chi connectivity index (χ0v) is 11.0. The van der Waals surface area contributed by atoms with E-state index in [-0.39, 0.29) is 11.8 Å². The van der Waals surface area contributed by atoms with Crippen molar-refractivity contribution in [3.8, 4) is 0 Å². The predicted octanol–water partition coefficient (Wildman–Crippen LogP) is 1.91. The van der Waals surface area contributed by atoms with Crippen LogP contribution in [0.1, 0.15) is 43.7 Å². The van der Waals surface area contributed by atoms with E-state index in [0.717, 1.165) is 31.2 Å². The molecular weight excluding hydrogens is 240 g/mol. The summed E-state index contributed by atoms with van der Waals surface area (Å²) in [6.07, 6.45) is 5.19. The lowest BCUT2D eigenvalue weighted by molar-refractivity contribution is -0.130. The number of hydrogen-bond acceptors (Lipinski definition) is 2. The summed E-state index contributed by atoms with van der Waals surface area (Å²) in [6, 6.07) is 8.41. The molecule has 1 atom stereocenters. The smallest absolute Gasteiger partial charge is 0.244 e. The second kappa shape index (κ2) is 6.36. The summed E-state index contributed by atoms with van der Waals surface area (Å²) >= 11 is 0. The molecule has 1 unspecified atom stereocenters. The molecule has 2 amide bonds. The quantitative estimate of drug-likeness (QED) is 0.868. The van der Waals surface area contributed by atoms with Gasteiger partial charge in [0.05, 0.1) is 0 Å². The van der Waals surface area contributed by atoms with Gasteiger partial charge in [-0.3, -0.25) is 9.59 Å². The summed E-state index contributed by atoms with van der Waals surface area (Å²) in [7, 11) is 0. The third-order valence-electron chi connectivity index (χ3n) is 3.68. The summed E-state index contributed by atoms with van der Waals surface area (Å²) in [6.45, 7) is 0. The van der Waals surface area contributed by atoms with Crippen molar-refractivity contribution in [2.75, 3.05) is 0 Å². The Morgan fingerprint density at radius 3 is 2.32 bits per heavy atom. The van der Waals surface area contributed by atoms with E-state index in [1.807, 2.05) is 18.2 Å². The first-order chi connectivity index (χ1) is 9.18. The van der Waals surface area contributed by atoms with Gasteiger partial charge in [0.15, 0.2) is 0 Å². The van der Waals surface area contributed by atoms with Crippen LogP contribution < -0.4 is 11.1 Å². The van der Waals surface area contributed by atoms with E-state index >= 15 is 0 Å². The molecule has 0 radical (unpaired) electrons. The highest BCUT2D eigenvalue weighted by atomic mass is 16.2. The number of nitrogens with two attached hydrogens (primary N) is 1. The number of carbonyl (C=O) groups excluding carboxylic acids is 2. The Kier molecular flexibility index (Phi) is 4.55. The maximum Gasteiger partial charge on any atom is 0.244 e. The van der Waals surface area contributed by atoms with Crippen molar-refractivity contribution in [2.24, 2.45) is 11.7 Å². The lowest BCUT2D eigenvalue weighted by Gasteiger charge is -2.23. The average Bonchev–Trinajstić information content (AvgIpc) is 2.46. The second-order valence-corrected chi connectivity index (χ2v) is 5.09. The summed E-state index contributed by atoms with van der Waals surface area (Å²) in [5, 5.41) is 2.79. The molecule has 19 heavy (non-hydrogen) atoms. The molecule has 1 saturated carbocycles. The second-order valence-electron chi connectivity index (χ2n) is 5.09. The fraction of sp³-hybridized carbons (Fsp3) is 0.467. The molecule has 1 aromatic rings. The van der Waals surface area contributed by atoms with Crippen LogP contribution in [0.15, 0.2) is 30.3 Å². The Balaban J connectivity index is 2.04. The fourth-order valence-electron chi connectivity index (χ4n) is 2.59. The van der Waals surface area contributed by atoms with Gasteiger partial charge in [-0.1, -0.05) is 49.6 Å². The van der Waals surface area contributed by atoms with Crippen LogP contribution in [0.3, 0.4) is 0 Å². The number of rotatable bonds is 4. The average molecular weight is 260 g/mol. The van der Waals surface area contributed by atoms with Gasteiger partial charge in [0.25, 0.3) is 0 Å². The number of primary amides is 1. The third kappa shape index (κ3) is 3.56. The summed E-state index contributed by atoms with van der Waals surface area (Å²) in [4.78, 5) is 23.7. The summed E-state index contributed by atoms with van der Waals surface area (Å²) in [5.41, 5.74) is 6.13. The number of nitrogens with one attached hydrogen (secondary N) is 1. The molecule has 1 aliphatic rings. The van der Waals surface area contributed by atoms with Crippen molar-refractivity contribution < 1.29 is 9.59 Å².